The van der Waals surface area contributed by atoms with Crippen LogP contribution in [0.15, 0.2) is 54.9 Å². The number of carbonyl (C=O) groups excluding carboxylic acids is 1. The van der Waals surface area contributed by atoms with Gasteiger partial charge in [-0.25, -0.2) is 0 Å². The van der Waals surface area contributed by atoms with Crippen molar-refractivity contribution >= 4 is 5.91 Å². The van der Waals surface area contributed by atoms with E-state index in [1.165, 1.54) is 5.56 Å². The minimum absolute atomic E-state index is 0.107. The summed E-state index contributed by atoms with van der Waals surface area (Å²) in [5.74, 6) is -0.427. The quantitative estimate of drug-likeness (QED) is 0.802. The van der Waals surface area contributed by atoms with Crippen LogP contribution in [0.2, 0.25) is 0 Å². The average Bonchev–Trinajstić information content (AvgIpc) is 3.26. The first-order chi connectivity index (χ1) is 12.1. The van der Waals surface area contributed by atoms with Crippen LogP contribution in [0.4, 0.5) is 0 Å². The van der Waals surface area contributed by atoms with Crippen molar-refractivity contribution in [2.75, 3.05) is 0 Å². The molecule has 0 aliphatic carbocycles. The van der Waals surface area contributed by atoms with Crippen molar-refractivity contribution in [2.45, 2.75) is 25.2 Å². The largest absolute Gasteiger partial charge is 0.366 e. The molecule has 2 aromatic carbocycles. The van der Waals surface area contributed by atoms with Crippen molar-refractivity contribution in [1.82, 2.24) is 9.78 Å². The fraction of sp³-hybridized carbons (Fsp3) is 0.200. The molecule has 0 saturated heterocycles. The predicted molar refractivity (Wildman–Crippen MR) is 92.1 cm³/mol. The number of hydrogen-bond acceptors (Lipinski definition) is 3. The molecule has 0 fully saturated rings. The van der Waals surface area contributed by atoms with E-state index >= 15 is 0 Å². The van der Waals surface area contributed by atoms with Crippen LogP contribution in [0.25, 0.3) is 0 Å². The van der Waals surface area contributed by atoms with E-state index in [-0.39, 0.29) is 6.10 Å². The number of rotatable bonds is 3. The minimum Gasteiger partial charge on any atom is -0.366 e. The normalized spacial score (nSPS) is 22.7. The standard InChI is InChI=1S/C20H17N3O2/c1-12-9-22-23(10-12)11-20-16-5-3-2-4-14(16)18(25-20)15-7-6-13(19(21)24)8-17(15)20/h2-10,18H,11H2,1H3,(H2,21,24). The monoisotopic (exact) mass is 331 g/mol. The van der Waals surface area contributed by atoms with E-state index in [2.05, 4.69) is 17.2 Å². The number of aryl methyl sites for hydroxylation is 1. The lowest BCUT2D eigenvalue weighted by Crippen LogP contribution is -2.32. The zero-order valence-electron chi connectivity index (χ0n) is 13.8. The molecule has 0 spiro atoms. The molecule has 25 heavy (non-hydrogen) atoms. The van der Waals surface area contributed by atoms with Crippen molar-refractivity contribution in [3.8, 4) is 0 Å². The Labute approximate surface area is 145 Å². The van der Waals surface area contributed by atoms with Gasteiger partial charge in [-0.15, -0.1) is 0 Å². The first kappa shape index (κ1) is 14.4. The highest BCUT2D eigenvalue weighted by Crippen LogP contribution is 2.58. The Bertz CT molecular complexity index is 1020. The summed E-state index contributed by atoms with van der Waals surface area (Å²) < 4.78 is 8.44. The summed E-state index contributed by atoms with van der Waals surface area (Å²) >= 11 is 0. The molecule has 124 valence electrons. The number of amides is 1. The summed E-state index contributed by atoms with van der Waals surface area (Å²) in [6.07, 6.45) is 3.74. The number of fused-ring (bicyclic) bond motifs is 8. The van der Waals surface area contributed by atoms with Crippen molar-refractivity contribution in [3.63, 3.8) is 0 Å². The maximum Gasteiger partial charge on any atom is 0.248 e. The molecule has 2 unspecified atom stereocenters. The maximum absolute atomic E-state index is 11.7. The number of ether oxygens (including phenoxy) is 1. The predicted octanol–water partition coefficient (Wildman–Crippen LogP) is 2.67. The highest BCUT2D eigenvalue weighted by Gasteiger charge is 2.54. The van der Waals surface area contributed by atoms with Gasteiger partial charge in [-0.2, -0.15) is 5.10 Å². The smallest absolute Gasteiger partial charge is 0.248 e. The van der Waals surface area contributed by atoms with Gasteiger partial charge in [0.05, 0.1) is 12.7 Å². The molecular weight excluding hydrogens is 314 g/mol. The minimum atomic E-state index is -0.638. The van der Waals surface area contributed by atoms with Gasteiger partial charge in [0.25, 0.3) is 0 Å². The van der Waals surface area contributed by atoms with Crippen LogP contribution in [0.1, 0.15) is 44.3 Å². The average molecular weight is 331 g/mol. The Morgan fingerprint density at radius 1 is 1.24 bits per heavy atom. The molecule has 2 aliphatic heterocycles. The van der Waals surface area contributed by atoms with E-state index in [1.54, 1.807) is 6.07 Å². The van der Waals surface area contributed by atoms with Crippen LogP contribution >= 0.6 is 0 Å². The van der Waals surface area contributed by atoms with Gasteiger partial charge in [-0.05, 0) is 46.9 Å². The molecule has 2 atom stereocenters. The second-order valence-electron chi connectivity index (χ2n) is 6.79. The van der Waals surface area contributed by atoms with E-state index in [4.69, 9.17) is 10.5 Å². The van der Waals surface area contributed by atoms with Crippen LogP contribution in [0, 0.1) is 6.92 Å². The summed E-state index contributed by atoms with van der Waals surface area (Å²) in [5.41, 5.74) is 10.9. The number of nitrogens with zero attached hydrogens (tertiary/aromatic N) is 2. The Kier molecular flexibility index (Phi) is 2.77. The first-order valence-electron chi connectivity index (χ1n) is 8.29. The number of nitrogens with two attached hydrogens (primary N) is 1. The number of aromatic nitrogens is 2. The third kappa shape index (κ3) is 1.87. The molecule has 0 saturated carbocycles. The lowest BCUT2D eigenvalue weighted by atomic mass is 9.77. The van der Waals surface area contributed by atoms with Gasteiger partial charge < -0.3 is 10.5 Å². The summed E-state index contributed by atoms with van der Waals surface area (Å²) in [6, 6.07) is 13.9. The number of carbonyl (C=O) groups is 1. The van der Waals surface area contributed by atoms with Crippen molar-refractivity contribution < 1.29 is 9.53 Å². The van der Waals surface area contributed by atoms with Gasteiger partial charge in [-0.1, -0.05) is 30.3 Å². The third-order valence-corrected chi connectivity index (χ3v) is 5.20. The topological polar surface area (TPSA) is 70.1 Å². The van der Waals surface area contributed by atoms with E-state index < -0.39 is 11.5 Å². The first-order valence-corrected chi connectivity index (χ1v) is 8.29. The Morgan fingerprint density at radius 2 is 2.04 bits per heavy atom. The molecule has 2 bridgehead atoms. The maximum atomic E-state index is 11.7. The molecular formula is C20H17N3O2. The summed E-state index contributed by atoms with van der Waals surface area (Å²) in [7, 11) is 0. The van der Waals surface area contributed by atoms with Gasteiger partial charge in [0.15, 0.2) is 0 Å². The fourth-order valence-electron chi connectivity index (χ4n) is 4.14. The van der Waals surface area contributed by atoms with Crippen molar-refractivity contribution in [2.24, 2.45) is 5.73 Å². The van der Waals surface area contributed by atoms with E-state index in [0.29, 0.717) is 12.1 Å². The van der Waals surface area contributed by atoms with Gasteiger partial charge in [-0.3, -0.25) is 9.48 Å². The zero-order valence-corrected chi connectivity index (χ0v) is 13.8. The van der Waals surface area contributed by atoms with Crippen LogP contribution < -0.4 is 5.73 Å². The summed E-state index contributed by atoms with van der Waals surface area (Å²) in [5, 5.41) is 4.44. The summed E-state index contributed by atoms with van der Waals surface area (Å²) in [6.45, 7) is 2.57. The third-order valence-electron chi connectivity index (χ3n) is 5.20. The van der Waals surface area contributed by atoms with Crippen LogP contribution in [-0.2, 0) is 16.9 Å². The summed E-state index contributed by atoms with van der Waals surface area (Å²) in [4.78, 5) is 11.7. The lowest BCUT2D eigenvalue weighted by molar-refractivity contribution is -0.0192. The van der Waals surface area contributed by atoms with Gasteiger partial charge >= 0.3 is 0 Å². The van der Waals surface area contributed by atoms with E-state index in [0.717, 1.165) is 22.3 Å². The van der Waals surface area contributed by atoms with Gasteiger partial charge in [0.2, 0.25) is 5.91 Å². The van der Waals surface area contributed by atoms with Crippen molar-refractivity contribution in [3.05, 3.63) is 88.2 Å². The lowest BCUT2D eigenvalue weighted by Gasteiger charge is -2.29. The molecule has 3 aromatic rings. The number of primary amides is 1. The SMILES string of the molecule is Cc1cnn(CC23OC(c4ccccc42)c2ccc(C(N)=O)cc23)c1. The zero-order chi connectivity index (χ0) is 17.2. The van der Waals surface area contributed by atoms with Gasteiger partial charge in [0, 0.05) is 11.8 Å². The molecule has 3 heterocycles. The highest BCUT2D eigenvalue weighted by molar-refractivity contribution is 5.93. The molecule has 2 N–H and O–H groups in total. The molecule has 5 heteroatoms. The molecule has 0 radical (unpaired) electrons. The van der Waals surface area contributed by atoms with Crippen LogP contribution in [0.3, 0.4) is 0 Å². The Hall–Kier alpha value is -2.92. The van der Waals surface area contributed by atoms with Crippen LogP contribution in [-0.4, -0.2) is 15.7 Å². The number of hydrogen-bond donors (Lipinski definition) is 1. The van der Waals surface area contributed by atoms with E-state index in [9.17, 15) is 4.79 Å². The van der Waals surface area contributed by atoms with E-state index in [1.807, 2.05) is 48.3 Å². The second kappa shape index (κ2) is 4.80. The molecule has 1 amide bonds. The Morgan fingerprint density at radius 3 is 2.80 bits per heavy atom. The van der Waals surface area contributed by atoms with Gasteiger partial charge in [0.1, 0.15) is 11.7 Å². The fourth-order valence-corrected chi connectivity index (χ4v) is 4.14. The van der Waals surface area contributed by atoms with Crippen molar-refractivity contribution in [1.29, 1.82) is 0 Å². The molecule has 1 aromatic heterocycles. The molecule has 5 nitrogen and oxygen atoms in total. The second-order valence-corrected chi connectivity index (χ2v) is 6.79. The Balaban J connectivity index is 1.74. The van der Waals surface area contributed by atoms with Crippen LogP contribution in [0.5, 0.6) is 0 Å². The molecule has 5 rings (SSSR count). The number of benzene rings is 2. The highest BCUT2D eigenvalue weighted by atomic mass is 16.5. The molecule has 2 aliphatic rings.